The van der Waals surface area contributed by atoms with E-state index in [1.165, 1.54) is 0 Å². The maximum atomic E-state index is 11.5. The van der Waals surface area contributed by atoms with Crippen LogP contribution in [-0.4, -0.2) is 74.8 Å². The molecule has 2 rings (SSSR count). The van der Waals surface area contributed by atoms with Crippen molar-refractivity contribution < 1.29 is 86.4 Å². The van der Waals surface area contributed by atoms with Gasteiger partial charge in [-0.15, -0.1) is 0 Å². The van der Waals surface area contributed by atoms with E-state index in [0.717, 1.165) is 0 Å². The number of sulfonamides is 4. The van der Waals surface area contributed by atoms with Gasteiger partial charge in [0, 0.05) is 38.9 Å². The number of nitrogens with one attached hydrogen (secondary N) is 2. The average molecular weight is 727 g/mol. The zero-order chi connectivity index (χ0) is 34.2. The van der Waals surface area contributed by atoms with Crippen molar-refractivity contribution in [2.45, 2.75) is 22.0 Å². The molecular weight excluding hydrogens is 712 g/mol. The molecule has 2 aromatic heterocycles. The zero-order valence-electron chi connectivity index (χ0n) is 19.7. The fourth-order valence-corrected chi connectivity index (χ4v) is 4.95. The number of rotatable bonds is 4. The molecule has 14 nitrogen and oxygen atoms in total. The first kappa shape index (κ1) is 41.4. The molecule has 0 saturated heterocycles. The third kappa shape index (κ3) is 14.0. The van der Waals surface area contributed by atoms with E-state index in [9.17, 15) is 86.4 Å². The summed E-state index contributed by atoms with van der Waals surface area (Å²) in [4.78, 5) is 7.57. The summed E-state index contributed by atoms with van der Waals surface area (Å²) in [6, 6.07) is 0. The van der Waals surface area contributed by atoms with Crippen LogP contribution in [0.3, 0.4) is 0 Å². The van der Waals surface area contributed by atoms with Gasteiger partial charge in [0.15, 0.2) is 0 Å². The Morgan fingerprint density at radius 2 is 0.667 bits per heavy atom. The summed E-state index contributed by atoms with van der Waals surface area (Å²) in [5, 5.41) is 0. The van der Waals surface area contributed by atoms with Crippen LogP contribution in [0.2, 0.25) is 0 Å². The molecule has 2 N–H and O–H groups in total. The van der Waals surface area contributed by atoms with Crippen molar-refractivity contribution in [3.63, 3.8) is 0 Å². The SMILES string of the molecule is Cn1ccnc1.Cn1ccnc1.O=S(=O)(NS(=O)(=O)C(F)(F)F)C(F)(F)F.O=S(=O)(NS(=O)(=O)C(F)(F)F)C(F)(F)F. The van der Waals surface area contributed by atoms with Gasteiger partial charge < -0.3 is 9.13 Å². The van der Waals surface area contributed by atoms with Gasteiger partial charge in [-0.3, -0.25) is 0 Å². The van der Waals surface area contributed by atoms with Crippen molar-refractivity contribution in [1.82, 2.24) is 27.4 Å². The summed E-state index contributed by atoms with van der Waals surface area (Å²) in [6.07, 6.45) is 10.8. The van der Waals surface area contributed by atoms with Crippen molar-refractivity contribution in [2.75, 3.05) is 0 Å². The molecule has 0 aromatic carbocycles. The van der Waals surface area contributed by atoms with E-state index in [0.29, 0.717) is 0 Å². The number of aromatic nitrogens is 4. The van der Waals surface area contributed by atoms with Crippen LogP contribution in [0.15, 0.2) is 37.4 Å². The van der Waals surface area contributed by atoms with Crippen LogP contribution in [0, 0.1) is 0 Å². The van der Waals surface area contributed by atoms with Gasteiger partial charge in [0.25, 0.3) is 0 Å². The highest BCUT2D eigenvalue weighted by Gasteiger charge is 2.56. The summed E-state index contributed by atoms with van der Waals surface area (Å²) in [7, 11) is -22.5. The predicted octanol–water partition coefficient (Wildman–Crippen LogP) is 1.39. The van der Waals surface area contributed by atoms with E-state index in [4.69, 9.17) is 0 Å². The summed E-state index contributed by atoms with van der Waals surface area (Å²) in [6.45, 7) is 0. The van der Waals surface area contributed by atoms with Gasteiger partial charge >= 0.3 is 62.1 Å². The summed E-state index contributed by atoms with van der Waals surface area (Å²) in [5.74, 6) is 0. The van der Waals surface area contributed by atoms with Crippen molar-refractivity contribution in [3.05, 3.63) is 37.4 Å². The quantitative estimate of drug-likeness (QED) is 0.435. The van der Waals surface area contributed by atoms with E-state index in [2.05, 4.69) is 9.97 Å². The first-order chi connectivity index (χ1) is 18.2. The Labute approximate surface area is 227 Å². The zero-order valence-corrected chi connectivity index (χ0v) is 23.0. The van der Waals surface area contributed by atoms with Crippen LogP contribution < -0.4 is 8.25 Å². The largest absolute Gasteiger partial charge is 0.512 e. The number of halogens is 12. The molecule has 0 fully saturated rings. The topological polar surface area (TPSA) is 196 Å². The predicted molar refractivity (Wildman–Crippen MR) is 113 cm³/mol. The molecule has 0 amide bonds. The Morgan fingerprint density at radius 3 is 0.738 bits per heavy atom. The van der Waals surface area contributed by atoms with Gasteiger partial charge in [-0.05, 0) is 0 Å². The monoisotopic (exact) mass is 726 g/mol. The molecule has 2 aromatic rings. The molecule has 2 heterocycles. The van der Waals surface area contributed by atoms with Crippen molar-refractivity contribution in [2.24, 2.45) is 14.1 Å². The average Bonchev–Trinajstić information content (AvgIpc) is 3.38. The van der Waals surface area contributed by atoms with Gasteiger partial charge in [0.2, 0.25) is 0 Å². The van der Waals surface area contributed by atoms with Crippen molar-refractivity contribution in [3.8, 4) is 0 Å². The lowest BCUT2D eigenvalue weighted by atomic mass is 10.9. The second-order valence-electron chi connectivity index (χ2n) is 6.42. The van der Waals surface area contributed by atoms with E-state index in [1.807, 2.05) is 35.6 Å². The molecule has 30 heteroatoms. The van der Waals surface area contributed by atoms with E-state index in [-0.39, 0.29) is 0 Å². The Balaban J connectivity index is 0. The fourth-order valence-electron chi connectivity index (χ4n) is 1.13. The van der Waals surface area contributed by atoms with Crippen LogP contribution in [0.25, 0.3) is 0 Å². The van der Waals surface area contributed by atoms with Crippen molar-refractivity contribution in [1.29, 1.82) is 0 Å². The van der Waals surface area contributed by atoms with Crippen molar-refractivity contribution >= 4 is 40.1 Å². The van der Waals surface area contributed by atoms with Gasteiger partial charge in [0.1, 0.15) is 0 Å². The standard InChI is InChI=1S/2C4H6N2.2C2HF6NO4S2/c2*1-6-3-2-5-4-6;2*3-1(4,5)14(10,11)9-15(12,13)2(6,7)8/h2*2-4H,1H3;2*9H. The van der Waals surface area contributed by atoms with Crippen LogP contribution in [-0.2, 0) is 54.2 Å². The lowest BCUT2D eigenvalue weighted by Gasteiger charge is -2.11. The Morgan fingerprint density at radius 1 is 0.476 bits per heavy atom. The van der Waals surface area contributed by atoms with Gasteiger partial charge in [-0.2, -0.15) is 52.7 Å². The van der Waals surface area contributed by atoms with Gasteiger partial charge in [0.05, 0.1) is 12.7 Å². The van der Waals surface area contributed by atoms with Gasteiger partial charge in [-0.1, -0.05) is 8.25 Å². The number of imidazole rings is 2. The molecule has 248 valence electrons. The molecular formula is C12H14F12N6O8S4. The maximum Gasteiger partial charge on any atom is 0.512 e. The van der Waals surface area contributed by atoms with Crippen LogP contribution in [0.5, 0.6) is 0 Å². The lowest BCUT2D eigenvalue weighted by molar-refractivity contribution is -0.0487. The molecule has 0 atom stereocenters. The normalized spacial score (nSPS) is 13.5. The minimum Gasteiger partial charge on any atom is -0.341 e. The molecule has 0 aliphatic heterocycles. The third-order valence-corrected chi connectivity index (χ3v) is 8.88. The third-order valence-electron chi connectivity index (χ3n) is 2.93. The number of aryl methyl sites for hydroxylation is 2. The molecule has 0 aliphatic carbocycles. The van der Waals surface area contributed by atoms with Gasteiger partial charge in [-0.25, -0.2) is 43.6 Å². The highest BCUT2D eigenvalue weighted by molar-refractivity contribution is 8.06. The Bertz CT molecular complexity index is 1330. The second kappa shape index (κ2) is 14.2. The summed E-state index contributed by atoms with van der Waals surface area (Å²) in [5.41, 5.74) is -24.6. The molecule has 0 spiro atoms. The number of alkyl halides is 12. The highest BCUT2D eigenvalue weighted by Crippen LogP contribution is 2.28. The fraction of sp³-hybridized carbons (Fsp3) is 0.500. The first-order valence-corrected chi connectivity index (χ1v) is 14.8. The molecule has 42 heavy (non-hydrogen) atoms. The minimum absolute atomic E-state index is 0.493. The summed E-state index contributed by atoms with van der Waals surface area (Å²) >= 11 is 0. The molecule has 0 radical (unpaired) electrons. The smallest absolute Gasteiger partial charge is 0.341 e. The molecule has 0 bridgehead atoms. The van der Waals surface area contributed by atoms with E-state index < -0.39 is 70.4 Å². The summed E-state index contributed by atoms with van der Waals surface area (Å²) < 4.78 is 220. The molecule has 0 aliphatic rings. The Hall–Kier alpha value is -2.70. The maximum absolute atomic E-state index is 11.5. The second-order valence-corrected chi connectivity index (χ2v) is 13.6. The van der Waals surface area contributed by atoms with Crippen LogP contribution >= 0.6 is 0 Å². The number of hydrogen-bond acceptors (Lipinski definition) is 10. The van der Waals surface area contributed by atoms with E-state index in [1.54, 1.807) is 25.0 Å². The molecule has 0 unspecified atom stereocenters. The van der Waals surface area contributed by atoms with Crippen LogP contribution in [0.1, 0.15) is 0 Å². The van der Waals surface area contributed by atoms with Crippen LogP contribution in [0.4, 0.5) is 52.7 Å². The number of hydrogen-bond donors (Lipinski definition) is 2. The van der Waals surface area contributed by atoms with E-state index >= 15 is 0 Å². The first-order valence-electron chi connectivity index (χ1n) is 8.86. The minimum atomic E-state index is -6.60. The number of nitrogens with zero attached hydrogens (tertiary/aromatic N) is 4. The highest BCUT2D eigenvalue weighted by atomic mass is 32.3. The Kier molecular flexibility index (Phi) is 14.0. The molecule has 0 saturated carbocycles. The lowest BCUT2D eigenvalue weighted by Crippen LogP contribution is -2.45.